The molecule has 0 atom stereocenters. The fourth-order valence-electron chi connectivity index (χ4n) is 2.74. The van der Waals surface area contributed by atoms with Gasteiger partial charge in [0, 0.05) is 25.1 Å². The molecular weight excluding hydrogens is 248 g/mol. The molecule has 2 aliphatic carbocycles. The lowest BCUT2D eigenvalue weighted by Crippen LogP contribution is -2.21. The maximum absolute atomic E-state index is 4.71. The number of aromatic nitrogens is 2. The summed E-state index contributed by atoms with van der Waals surface area (Å²) in [6, 6.07) is 2.05. The van der Waals surface area contributed by atoms with E-state index >= 15 is 0 Å². The molecule has 4 nitrogen and oxygen atoms in total. The number of hydrogen-bond acceptors (Lipinski definition) is 4. The summed E-state index contributed by atoms with van der Waals surface area (Å²) in [6.07, 6.45) is 5.17. The van der Waals surface area contributed by atoms with Crippen LogP contribution in [0, 0.1) is 11.3 Å². The predicted octanol–water partition coefficient (Wildman–Crippen LogP) is 3.63. The Labute approximate surface area is 121 Å². The topological polar surface area (TPSA) is 49.8 Å². The predicted molar refractivity (Wildman–Crippen MR) is 83.2 cm³/mol. The SMILES string of the molecule is CCNc1cc(NCC2(C(C)C)CC2)nc(C2CC2)n1. The summed E-state index contributed by atoms with van der Waals surface area (Å²) in [7, 11) is 0. The minimum atomic E-state index is 0.503. The molecule has 4 heteroatoms. The molecule has 0 amide bonds. The Morgan fingerprint density at radius 1 is 1.20 bits per heavy atom. The Kier molecular flexibility index (Phi) is 3.57. The lowest BCUT2D eigenvalue weighted by Gasteiger charge is -2.20. The molecule has 3 rings (SSSR count). The molecule has 0 radical (unpaired) electrons. The summed E-state index contributed by atoms with van der Waals surface area (Å²) in [4.78, 5) is 9.32. The van der Waals surface area contributed by atoms with Gasteiger partial charge in [0.25, 0.3) is 0 Å². The second-order valence-corrected chi connectivity index (χ2v) is 6.67. The van der Waals surface area contributed by atoms with E-state index in [1.165, 1.54) is 25.7 Å². The van der Waals surface area contributed by atoms with E-state index in [0.717, 1.165) is 36.5 Å². The van der Waals surface area contributed by atoms with Gasteiger partial charge in [0.1, 0.15) is 17.5 Å². The Morgan fingerprint density at radius 3 is 2.35 bits per heavy atom. The van der Waals surface area contributed by atoms with Crippen LogP contribution in [0.3, 0.4) is 0 Å². The first-order chi connectivity index (χ1) is 9.63. The highest BCUT2D eigenvalue weighted by Crippen LogP contribution is 2.51. The first-order valence-electron chi connectivity index (χ1n) is 8.00. The van der Waals surface area contributed by atoms with Crippen LogP contribution < -0.4 is 10.6 Å². The molecule has 0 bridgehead atoms. The maximum Gasteiger partial charge on any atom is 0.136 e. The Bertz CT molecular complexity index is 475. The Hall–Kier alpha value is -1.32. The zero-order chi connectivity index (χ0) is 14.2. The molecule has 2 N–H and O–H groups in total. The normalized spacial score (nSPS) is 20.0. The first-order valence-corrected chi connectivity index (χ1v) is 8.00. The standard InChI is InChI=1S/C16H26N4/c1-4-17-13-9-14(20-15(19-13)12-5-6-12)18-10-16(7-8-16)11(2)3/h9,11-12H,4-8,10H2,1-3H3,(H2,17,18,19,20). The molecule has 0 spiro atoms. The van der Waals surface area contributed by atoms with Crippen molar-refractivity contribution in [2.75, 3.05) is 23.7 Å². The van der Waals surface area contributed by atoms with E-state index < -0.39 is 0 Å². The average Bonchev–Trinajstić information content (AvgIpc) is 3.28. The third-order valence-electron chi connectivity index (χ3n) is 4.78. The molecule has 0 saturated heterocycles. The zero-order valence-electron chi connectivity index (χ0n) is 12.9. The molecule has 2 fully saturated rings. The van der Waals surface area contributed by atoms with Crippen molar-refractivity contribution in [2.45, 2.75) is 52.4 Å². The van der Waals surface area contributed by atoms with Gasteiger partial charge >= 0.3 is 0 Å². The Morgan fingerprint density at radius 2 is 1.85 bits per heavy atom. The van der Waals surface area contributed by atoms with Gasteiger partial charge in [-0.25, -0.2) is 9.97 Å². The largest absolute Gasteiger partial charge is 0.370 e. The summed E-state index contributed by atoms with van der Waals surface area (Å²) in [6.45, 7) is 8.69. The van der Waals surface area contributed by atoms with Crippen molar-refractivity contribution in [3.05, 3.63) is 11.9 Å². The van der Waals surface area contributed by atoms with Crippen molar-refractivity contribution < 1.29 is 0 Å². The molecule has 1 aromatic rings. The van der Waals surface area contributed by atoms with E-state index in [9.17, 15) is 0 Å². The van der Waals surface area contributed by atoms with Gasteiger partial charge in [0.2, 0.25) is 0 Å². The van der Waals surface area contributed by atoms with Gasteiger partial charge < -0.3 is 10.6 Å². The van der Waals surface area contributed by atoms with Crippen LogP contribution in [0.25, 0.3) is 0 Å². The highest BCUT2D eigenvalue weighted by molar-refractivity contribution is 5.48. The van der Waals surface area contributed by atoms with Gasteiger partial charge in [0.15, 0.2) is 0 Å². The zero-order valence-corrected chi connectivity index (χ0v) is 12.9. The van der Waals surface area contributed by atoms with Gasteiger partial charge in [-0.1, -0.05) is 13.8 Å². The van der Waals surface area contributed by atoms with E-state index in [1.807, 2.05) is 6.07 Å². The van der Waals surface area contributed by atoms with Crippen molar-refractivity contribution in [3.8, 4) is 0 Å². The van der Waals surface area contributed by atoms with Crippen LogP contribution in [0.2, 0.25) is 0 Å². The van der Waals surface area contributed by atoms with E-state index in [1.54, 1.807) is 0 Å². The quantitative estimate of drug-likeness (QED) is 0.797. The van der Waals surface area contributed by atoms with Crippen LogP contribution in [-0.2, 0) is 0 Å². The van der Waals surface area contributed by atoms with E-state index in [0.29, 0.717) is 11.3 Å². The highest BCUT2D eigenvalue weighted by atomic mass is 15.1. The third-order valence-corrected chi connectivity index (χ3v) is 4.78. The number of nitrogens with zero attached hydrogens (tertiary/aromatic N) is 2. The summed E-state index contributed by atoms with van der Waals surface area (Å²) in [5, 5.41) is 6.87. The number of nitrogens with one attached hydrogen (secondary N) is 2. The highest BCUT2D eigenvalue weighted by Gasteiger charge is 2.45. The fourth-order valence-corrected chi connectivity index (χ4v) is 2.74. The van der Waals surface area contributed by atoms with Crippen molar-refractivity contribution in [3.63, 3.8) is 0 Å². The first kappa shape index (κ1) is 13.7. The van der Waals surface area contributed by atoms with Crippen molar-refractivity contribution in [1.82, 2.24) is 9.97 Å². The molecule has 1 heterocycles. The molecule has 20 heavy (non-hydrogen) atoms. The molecule has 0 aliphatic heterocycles. The van der Waals surface area contributed by atoms with Gasteiger partial charge in [-0.15, -0.1) is 0 Å². The van der Waals surface area contributed by atoms with E-state index in [4.69, 9.17) is 4.98 Å². The lowest BCUT2D eigenvalue weighted by atomic mass is 9.92. The van der Waals surface area contributed by atoms with Crippen molar-refractivity contribution in [1.29, 1.82) is 0 Å². The summed E-state index contributed by atoms with van der Waals surface area (Å²) in [5.41, 5.74) is 0.503. The van der Waals surface area contributed by atoms with Gasteiger partial charge in [-0.05, 0) is 43.9 Å². The van der Waals surface area contributed by atoms with Gasteiger partial charge in [-0.3, -0.25) is 0 Å². The minimum Gasteiger partial charge on any atom is -0.370 e. The minimum absolute atomic E-state index is 0.503. The smallest absolute Gasteiger partial charge is 0.136 e. The number of hydrogen-bond donors (Lipinski definition) is 2. The monoisotopic (exact) mass is 274 g/mol. The third kappa shape index (κ3) is 2.89. The fraction of sp³-hybridized carbons (Fsp3) is 0.750. The van der Waals surface area contributed by atoms with Crippen LogP contribution in [0.15, 0.2) is 6.07 Å². The van der Waals surface area contributed by atoms with Crippen LogP contribution in [0.5, 0.6) is 0 Å². The molecule has 2 aliphatic rings. The molecule has 2 saturated carbocycles. The van der Waals surface area contributed by atoms with Crippen molar-refractivity contribution in [2.24, 2.45) is 11.3 Å². The average molecular weight is 274 g/mol. The van der Waals surface area contributed by atoms with Crippen LogP contribution >= 0.6 is 0 Å². The van der Waals surface area contributed by atoms with Gasteiger partial charge in [0.05, 0.1) is 0 Å². The molecule has 110 valence electrons. The summed E-state index contributed by atoms with van der Waals surface area (Å²) in [5.74, 6) is 4.30. The molecular formula is C16H26N4. The van der Waals surface area contributed by atoms with E-state index in [-0.39, 0.29) is 0 Å². The maximum atomic E-state index is 4.71. The van der Waals surface area contributed by atoms with E-state index in [2.05, 4.69) is 36.4 Å². The van der Waals surface area contributed by atoms with Crippen LogP contribution in [0.4, 0.5) is 11.6 Å². The molecule has 0 aromatic carbocycles. The number of rotatable bonds is 7. The summed E-state index contributed by atoms with van der Waals surface area (Å²) < 4.78 is 0. The lowest BCUT2D eigenvalue weighted by molar-refractivity contribution is 0.380. The number of anilines is 2. The van der Waals surface area contributed by atoms with Crippen LogP contribution in [0.1, 0.15) is 58.2 Å². The molecule has 1 aromatic heterocycles. The summed E-state index contributed by atoms with van der Waals surface area (Å²) >= 11 is 0. The Balaban J connectivity index is 1.71. The van der Waals surface area contributed by atoms with Crippen molar-refractivity contribution >= 4 is 11.6 Å². The second kappa shape index (κ2) is 5.23. The van der Waals surface area contributed by atoms with Gasteiger partial charge in [-0.2, -0.15) is 0 Å². The second-order valence-electron chi connectivity index (χ2n) is 6.67. The van der Waals surface area contributed by atoms with Crippen LogP contribution in [-0.4, -0.2) is 23.1 Å². The molecule has 0 unspecified atom stereocenters.